The summed E-state index contributed by atoms with van der Waals surface area (Å²) in [5, 5.41) is 7.74. The Morgan fingerprint density at radius 1 is 1.03 bits per heavy atom. The number of hydrogen-bond acceptors (Lipinski definition) is 4. The molecule has 36 heavy (non-hydrogen) atoms. The highest BCUT2D eigenvalue weighted by atomic mass is 19.1. The van der Waals surface area contributed by atoms with Crippen molar-refractivity contribution in [3.63, 3.8) is 0 Å². The molecule has 0 radical (unpaired) electrons. The molecule has 1 N–H and O–H groups in total. The topological polar surface area (TPSA) is 65.4 Å². The number of benzene rings is 3. The van der Waals surface area contributed by atoms with Gasteiger partial charge in [-0.1, -0.05) is 0 Å². The van der Waals surface area contributed by atoms with Crippen molar-refractivity contribution >= 4 is 16.8 Å². The Morgan fingerprint density at radius 2 is 1.72 bits per heavy atom. The van der Waals surface area contributed by atoms with Gasteiger partial charge in [0.2, 0.25) is 0 Å². The second kappa shape index (κ2) is 9.93. The third-order valence-corrected chi connectivity index (χ3v) is 5.72. The van der Waals surface area contributed by atoms with Gasteiger partial charge < -0.3 is 14.8 Å². The predicted molar refractivity (Wildman–Crippen MR) is 130 cm³/mol. The van der Waals surface area contributed by atoms with E-state index in [0.29, 0.717) is 22.7 Å². The molecule has 4 rings (SSSR count). The van der Waals surface area contributed by atoms with E-state index in [0.717, 1.165) is 24.8 Å². The molecular weight excluding hydrogens is 471 g/mol. The molecule has 4 aromatic rings. The normalized spacial score (nSPS) is 13.3. The molecule has 0 aliphatic carbocycles. The summed E-state index contributed by atoms with van der Waals surface area (Å²) in [6, 6.07) is 14.4. The Labute approximate surface area is 206 Å². The first-order valence-electron chi connectivity index (χ1n) is 11.3. The number of amides is 1. The van der Waals surface area contributed by atoms with Crippen LogP contribution in [0.3, 0.4) is 0 Å². The Bertz CT molecular complexity index is 1380. The second-order valence-corrected chi connectivity index (χ2v) is 8.91. The zero-order chi connectivity index (χ0) is 26.0. The number of fused-ring (bicyclic) bond motifs is 1. The van der Waals surface area contributed by atoms with Gasteiger partial charge in [-0.2, -0.15) is 5.10 Å². The third-order valence-electron chi connectivity index (χ3n) is 5.72. The first-order valence-corrected chi connectivity index (χ1v) is 11.3. The van der Waals surface area contributed by atoms with Gasteiger partial charge in [0.1, 0.15) is 29.2 Å². The van der Waals surface area contributed by atoms with Gasteiger partial charge in [0.25, 0.3) is 5.91 Å². The lowest BCUT2D eigenvalue weighted by Gasteiger charge is -2.29. The van der Waals surface area contributed by atoms with Gasteiger partial charge in [-0.05, 0) is 81.4 Å². The first kappa shape index (κ1) is 25.1. The molecule has 6 nitrogen and oxygen atoms in total. The van der Waals surface area contributed by atoms with E-state index < -0.39 is 29.5 Å². The number of alkyl halides is 1. The highest BCUT2D eigenvalue weighted by Gasteiger charge is 2.32. The zero-order valence-electron chi connectivity index (χ0n) is 20.3. The monoisotopic (exact) mass is 497 g/mol. The first-order chi connectivity index (χ1) is 17.1. The Kier molecular flexibility index (Phi) is 6.92. The number of nitrogens with zero attached hydrogens (tertiary/aromatic N) is 2. The van der Waals surface area contributed by atoms with Crippen molar-refractivity contribution in [1.29, 1.82) is 0 Å². The number of nitrogens with one attached hydrogen (secondary N) is 1. The molecule has 0 saturated heterocycles. The number of ether oxygens (including phenoxy) is 2. The molecule has 0 bridgehead atoms. The smallest absolute Gasteiger partial charge is 0.257 e. The van der Waals surface area contributed by atoms with Gasteiger partial charge in [0, 0.05) is 10.9 Å². The molecule has 1 heterocycles. The molecule has 0 unspecified atom stereocenters. The average molecular weight is 498 g/mol. The molecule has 0 aliphatic heterocycles. The molecule has 3 aromatic carbocycles. The van der Waals surface area contributed by atoms with Crippen molar-refractivity contribution in [3.05, 3.63) is 84.1 Å². The molecule has 0 spiro atoms. The summed E-state index contributed by atoms with van der Waals surface area (Å²) >= 11 is 0. The molecule has 0 fully saturated rings. The number of carbonyl (C=O) groups is 1. The highest BCUT2D eigenvalue weighted by molar-refractivity contribution is 5.84. The molecule has 188 valence electrons. The van der Waals surface area contributed by atoms with E-state index in [1.807, 2.05) is 0 Å². The van der Waals surface area contributed by atoms with Crippen molar-refractivity contribution in [2.45, 2.75) is 38.6 Å². The van der Waals surface area contributed by atoms with Gasteiger partial charge in [0.15, 0.2) is 5.67 Å². The quantitative estimate of drug-likeness (QED) is 0.340. The summed E-state index contributed by atoms with van der Waals surface area (Å²) in [5.41, 5.74) is -0.315. The second-order valence-electron chi connectivity index (χ2n) is 8.91. The Hall–Kier alpha value is -4.01. The van der Waals surface area contributed by atoms with Crippen LogP contribution in [0.4, 0.5) is 13.2 Å². The van der Waals surface area contributed by atoms with E-state index in [1.165, 1.54) is 37.4 Å². The van der Waals surface area contributed by atoms with Crippen LogP contribution in [0.15, 0.2) is 66.9 Å². The van der Waals surface area contributed by atoms with E-state index in [4.69, 9.17) is 9.47 Å². The number of methoxy groups -OCH3 is 1. The van der Waals surface area contributed by atoms with E-state index in [1.54, 1.807) is 48.1 Å². The zero-order valence-corrected chi connectivity index (χ0v) is 20.3. The fourth-order valence-corrected chi connectivity index (χ4v) is 3.84. The Balaban J connectivity index is 1.70. The van der Waals surface area contributed by atoms with Crippen molar-refractivity contribution in [2.75, 3.05) is 7.11 Å². The number of carbonyl (C=O) groups excluding carboxylic acids is 1. The van der Waals surface area contributed by atoms with Crippen LogP contribution in [-0.4, -0.2) is 34.5 Å². The lowest BCUT2D eigenvalue weighted by atomic mass is 10.0. The molecule has 1 amide bonds. The Morgan fingerprint density at radius 3 is 2.39 bits per heavy atom. The summed E-state index contributed by atoms with van der Waals surface area (Å²) < 4.78 is 55.0. The summed E-state index contributed by atoms with van der Waals surface area (Å²) in [6.07, 6.45) is 0.728. The van der Waals surface area contributed by atoms with Crippen molar-refractivity contribution in [1.82, 2.24) is 15.1 Å². The lowest BCUT2D eigenvalue weighted by molar-refractivity contribution is -0.132. The van der Waals surface area contributed by atoms with Crippen LogP contribution in [0.2, 0.25) is 0 Å². The maximum absolute atomic E-state index is 14.2. The van der Waals surface area contributed by atoms with Gasteiger partial charge in [-0.15, -0.1) is 0 Å². The average Bonchev–Trinajstić information content (AvgIpc) is 3.25. The van der Waals surface area contributed by atoms with Crippen molar-refractivity contribution in [2.24, 2.45) is 0 Å². The molecule has 1 aromatic heterocycles. The van der Waals surface area contributed by atoms with Crippen LogP contribution < -0.4 is 14.8 Å². The third kappa shape index (κ3) is 5.30. The summed E-state index contributed by atoms with van der Waals surface area (Å²) in [6.45, 7) is 3.95. The number of hydrogen-bond donors (Lipinski definition) is 1. The minimum atomic E-state index is -2.11. The van der Waals surface area contributed by atoms with Crippen LogP contribution in [0.5, 0.6) is 11.5 Å². The predicted octanol–water partition coefficient (Wildman–Crippen LogP) is 5.69. The largest absolute Gasteiger partial charge is 0.496 e. The van der Waals surface area contributed by atoms with E-state index in [9.17, 15) is 18.0 Å². The summed E-state index contributed by atoms with van der Waals surface area (Å²) in [7, 11) is 1.44. The molecule has 0 aliphatic rings. The fourth-order valence-electron chi connectivity index (χ4n) is 3.84. The molecule has 9 heteroatoms. The van der Waals surface area contributed by atoms with Crippen LogP contribution in [0.25, 0.3) is 16.6 Å². The van der Waals surface area contributed by atoms with Crippen molar-refractivity contribution in [3.8, 4) is 17.2 Å². The molecule has 2 atom stereocenters. The fraction of sp³-hybridized carbons (Fsp3) is 0.259. The van der Waals surface area contributed by atoms with Gasteiger partial charge >= 0.3 is 0 Å². The van der Waals surface area contributed by atoms with E-state index in [-0.39, 0.29) is 5.82 Å². The van der Waals surface area contributed by atoms with Crippen LogP contribution in [0, 0.1) is 11.6 Å². The minimum absolute atomic E-state index is 0.345. The van der Waals surface area contributed by atoms with E-state index >= 15 is 0 Å². The van der Waals surface area contributed by atoms with Gasteiger partial charge in [0.05, 0.1) is 30.6 Å². The van der Waals surface area contributed by atoms with E-state index in [2.05, 4.69) is 10.4 Å². The summed E-state index contributed by atoms with van der Waals surface area (Å²) in [5.74, 6) is -0.915. The number of aromatic nitrogens is 2. The molecular formula is C27H26F3N3O3. The summed E-state index contributed by atoms with van der Waals surface area (Å²) in [4.78, 5) is 12.3. The van der Waals surface area contributed by atoms with Gasteiger partial charge in [-0.3, -0.25) is 4.79 Å². The van der Waals surface area contributed by atoms with Crippen LogP contribution in [0.1, 0.15) is 32.4 Å². The highest BCUT2D eigenvalue weighted by Crippen LogP contribution is 2.34. The number of halogens is 3. The minimum Gasteiger partial charge on any atom is -0.496 e. The van der Waals surface area contributed by atoms with Gasteiger partial charge in [-0.25, -0.2) is 17.9 Å². The van der Waals surface area contributed by atoms with Crippen LogP contribution >= 0.6 is 0 Å². The maximum atomic E-state index is 14.2. The van der Waals surface area contributed by atoms with Crippen molar-refractivity contribution < 1.29 is 27.4 Å². The lowest BCUT2D eigenvalue weighted by Crippen LogP contribution is -2.46. The standard InChI is InChI=1S/C27H26F3N3O3/c1-16(32-26(34)27(2,3)30)25(22-14-19(29)7-12-24(22)35-4)36-21-10-11-23-17(13-21)15-31-33(23)20-8-5-18(28)6-9-20/h5-16,25H,1-4H3,(H,32,34)/t16-,25+/m0/s1. The van der Waals surface area contributed by atoms with Crippen LogP contribution in [-0.2, 0) is 4.79 Å². The maximum Gasteiger partial charge on any atom is 0.257 e. The SMILES string of the molecule is COc1ccc(F)cc1[C@H](Oc1ccc2c(cnn2-c2ccc(F)cc2)c1)[C@H](C)NC(=O)C(C)(C)F. The number of rotatable bonds is 8. The molecule has 0 saturated carbocycles.